The maximum atomic E-state index is 13.0. The number of alkyl halides is 3. The van der Waals surface area contributed by atoms with Crippen molar-refractivity contribution >= 4 is 11.6 Å². The highest BCUT2D eigenvalue weighted by atomic mass is 19.4. The second-order valence-electron chi connectivity index (χ2n) is 4.39. The first-order chi connectivity index (χ1) is 9.27. The molecule has 112 valence electrons. The van der Waals surface area contributed by atoms with Gasteiger partial charge in [-0.3, -0.25) is 9.69 Å². The van der Waals surface area contributed by atoms with Crippen molar-refractivity contribution in [2.24, 2.45) is 0 Å². The molecule has 7 heteroatoms. The van der Waals surface area contributed by atoms with Gasteiger partial charge < -0.3 is 11.1 Å². The molecule has 1 rings (SSSR count). The molecule has 0 aliphatic carbocycles. The highest BCUT2D eigenvalue weighted by Crippen LogP contribution is 2.33. The van der Waals surface area contributed by atoms with Gasteiger partial charge >= 0.3 is 6.18 Å². The molecule has 0 aliphatic rings. The largest absolute Gasteiger partial charge is 0.416 e. The van der Waals surface area contributed by atoms with E-state index in [4.69, 9.17) is 5.73 Å². The third kappa shape index (κ3) is 4.41. The number of nitrogens with one attached hydrogen (secondary N) is 1. The van der Waals surface area contributed by atoms with Crippen LogP contribution in [0.3, 0.4) is 0 Å². The van der Waals surface area contributed by atoms with Gasteiger partial charge in [-0.15, -0.1) is 0 Å². The number of nitrogens with two attached hydrogens (primary N) is 1. The molecule has 0 aliphatic heterocycles. The Kier molecular flexibility index (Phi) is 5.38. The van der Waals surface area contributed by atoms with Gasteiger partial charge in [-0.1, -0.05) is 13.0 Å². The lowest BCUT2D eigenvalue weighted by atomic mass is 10.1. The van der Waals surface area contributed by atoms with Crippen LogP contribution in [-0.2, 0) is 17.5 Å². The molecule has 0 saturated carbocycles. The van der Waals surface area contributed by atoms with E-state index >= 15 is 0 Å². The van der Waals surface area contributed by atoms with Crippen molar-refractivity contribution in [2.45, 2.75) is 19.6 Å². The van der Waals surface area contributed by atoms with E-state index < -0.39 is 11.7 Å². The second kappa shape index (κ2) is 6.60. The number of nitrogens with zero attached hydrogens (tertiary/aromatic N) is 1. The minimum atomic E-state index is -4.46. The van der Waals surface area contributed by atoms with E-state index in [1.165, 1.54) is 19.2 Å². The number of halogens is 3. The number of rotatable bonds is 5. The van der Waals surface area contributed by atoms with E-state index in [1.807, 2.05) is 0 Å². The number of nitrogen functional groups attached to an aromatic ring is 1. The third-order valence-corrected chi connectivity index (χ3v) is 2.93. The average Bonchev–Trinajstić information content (AvgIpc) is 2.38. The molecular weight excluding hydrogens is 271 g/mol. The van der Waals surface area contributed by atoms with Crippen LogP contribution in [0.15, 0.2) is 18.2 Å². The van der Waals surface area contributed by atoms with Gasteiger partial charge in [0.2, 0.25) is 5.91 Å². The summed E-state index contributed by atoms with van der Waals surface area (Å²) in [6.07, 6.45) is -4.46. The third-order valence-electron chi connectivity index (χ3n) is 2.93. The maximum Gasteiger partial charge on any atom is 0.416 e. The van der Waals surface area contributed by atoms with Crippen molar-refractivity contribution < 1.29 is 18.0 Å². The van der Waals surface area contributed by atoms with Crippen LogP contribution in [0.25, 0.3) is 0 Å². The van der Waals surface area contributed by atoms with Crippen molar-refractivity contribution in [3.05, 3.63) is 29.3 Å². The Morgan fingerprint density at radius 1 is 1.40 bits per heavy atom. The molecule has 0 unspecified atom stereocenters. The fraction of sp³-hybridized carbons (Fsp3) is 0.462. The summed E-state index contributed by atoms with van der Waals surface area (Å²) in [7, 11) is 1.49. The molecule has 1 aromatic carbocycles. The molecular formula is C13H18F3N3O. The Morgan fingerprint density at radius 3 is 2.55 bits per heavy atom. The first kappa shape index (κ1) is 16.3. The lowest BCUT2D eigenvalue weighted by molar-refractivity contribution is -0.138. The maximum absolute atomic E-state index is 13.0. The molecule has 1 amide bonds. The number of anilines is 1. The predicted octanol–water partition coefficient (Wildman–Crippen LogP) is 1.86. The molecule has 0 fully saturated rings. The molecule has 4 nitrogen and oxygen atoms in total. The second-order valence-corrected chi connectivity index (χ2v) is 4.39. The normalized spacial score (nSPS) is 11.7. The molecule has 0 saturated heterocycles. The van der Waals surface area contributed by atoms with Gasteiger partial charge in [0.05, 0.1) is 12.1 Å². The van der Waals surface area contributed by atoms with Crippen LogP contribution < -0.4 is 11.1 Å². The summed E-state index contributed by atoms with van der Waals surface area (Å²) < 4.78 is 38.9. The first-order valence-electron chi connectivity index (χ1n) is 6.16. The number of hydrogen-bond donors (Lipinski definition) is 2. The van der Waals surface area contributed by atoms with Crippen LogP contribution in [0.1, 0.15) is 18.1 Å². The zero-order valence-corrected chi connectivity index (χ0v) is 11.4. The lowest BCUT2D eigenvalue weighted by Crippen LogP contribution is -2.35. The van der Waals surface area contributed by atoms with Crippen molar-refractivity contribution in [1.29, 1.82) is 0 Å². The molecule has 0 heterocycles. The van der Waals surface area contributed by atoms with Crippen molar-refractivity contribution in [1.82, 2.24) is 10.2 Å². The van der Waals surface area contributed by atoms with E-state index in [0.717, 1.165) is 6.07 Å². The van der Waals surface area contributed by atoms with Crippen LogP contribution in [0.4, 0.5) is 18.9 Å². The van der Waals surface area contributed by atoms with E-state index in [0.29, 0.717) is 6.54 Å². The highest BCUT2D eigenvalue weighted by Gasteiger charge is 2.33. The van der Waals surface area contributed by atoms with Gasteiger partial charge in [0.1, 0.15) is 0 Å². The number of carbonyl (C=O) groups is 1. The quantitative estimate of drug-likeness (QED) is 0.813. The van der Waals surface area contributed by atoms with E-state index in [-0.39, 0.29) is 30.2 Å². The summed E-state index contributed by atoms with van der Waals surface area (Å²) >= 11 is 0. The fourth-order valence-electron chi connectivity index (χ4n) is 1.80. The predicted molar refractivity (Wildman–Crippen MR) is 70.9 cm³/mol. The molecule has 20 heavy (non-hydrogen) atoms. The summed E-state index contributed by atoms with van der Waals surface area (Å²) in [5.41, 5.74) is 4.83. The Balaban J connectivity index is 2.98. The van der Waals surface area contributed by atoms with E-state index in [9.17, 15) is 18.0 Å². The van der Waals surface area contributed by atoms with Gasteiger partial charge in [-0.05, 0) is 24.2 Å². The summed E-state index contributed by atoms with van der Waals surface area (Å²) in [5, 5.41) is 2.45. The first-order valence-corrected chi connectivity index (χ1v) is 6.16. The molecule has 1 aromatic rings. The van der Waals surface area contributed by atoms with Crippen molar-refractivity contribution in [2.75, 3.05) is 25.9 Å². The number of amides is 1. The SMILES string of the molecule is CCN(CC(=O)NC)Cc1ccc(N)cc1C(F)(F)F. The smallest absolute Gasteiger partial charge is 0.399 e. The van der Waals surface area contributed by atoms with Crippen molar-refractivity contribution in [3.63, 3.8) is 0 Å². The van der Waals surface area contributed by atoms with Gasteiger partial charge in [-0.25, -0.2) is 0 Å². The van der Waals surface area contributed by atoms with Crippen molar-refractivity contribution in [3.8, 4) is 0 Å². The molecule has 0 aromatic heterocycles. The van der Waals surface area contributed by atoms with Crippen LogP contribution in [-0.4, -0.2) is 30.9 Å². The lowest BCUT2D eigenvalue weighted by Gasteiger charge is -2.22. The van der Waals surface area contributed by atoms with Crippen LogP contribution in [0.2, 0.25) is 0 Å². The molecule has 0 radical (unpaired) electrons. The Bertz CT molecular complexity index is 474. The van der Waals surface area contributed by atoms with Crippen LogP contribution >= 0.6 is 0 Å². The molecule has 0 spiro atoms. The monoisotopic (exact) mass is 289 g/mol. The van der Waals surface area contributed by atoms with Gasteiger partial charge in [0, 0.05) is 19.3 Å². The van der Waals surface area contributed by atoms with Gasteiger partial charge in [-0.2, -0.15) is 13.2 Å². The number of benzene rings is 1. The Morgan fingerprint density at radius 2 is 2.05 bits per heavy atom. The summed E-state index contributed by atoms with van der Waals surface area (Å²) in [6, 6.07) is 3.70. The zero-order chi connectivity index (χ0) is 15.3. The topological polar surface area (TPSA) is 58.4 Å². The zero-order valence-electron chi connectivity index (χ0n) is 11.4. The number of likely N-dealkylation sites (N-methyl/N-ethyl adjacent to an activating group) is 2. The van der Waals surface area contributed by atoms with Crippen LogP contribution in [0, 0.1) is 0 Å². The minimum absolute atomic E-state index is 0.0407. The molecule has 3 N–H and O–H groups in total. The van der Waals surface area contributed by atoms with Crippen LogP contribution in [0.5, 0.6) is 0 Å². The molecule has 0 atom stereocenters. The van der Waals surface area contributed by atoms with E-state index in [1.54, 1.807) is 11.8 Å². The number of hydrogen-bond acceptors (Lipinski definition) is 3. The average molecular weight is 289 g/mol. The summed E-state index contributed by atoms with van der Waals surface area (Å²) in [5.74, 6) is -0.240. The van der Waals surface area contributed by atoms with Gasteiger partial charge in [0.25, 0.3) is 0 Å². The number of carbonyl (C=O) groups excluding carboxylic acids is 1. The Labute approximate surface area is 115 Å². The Hall–Kier alpha value is -1.76. The minimum Gasteiger partial charge on any atom is -0.399 e. The summed E-state index contributed by atoms with van der Waals surface area (Å²) in [6.45, 7) is 2.34. The van der Waals surface area contributed by atoms with E-state index in [2.05, 4.69) is 5.32 Å². The standard InChI is InChI=1S/C13H18F3N3O/c1-3-19(8-12(20)18-2)7-9-4-5-10(17)6-11(9)13(14,15)16/h4-6H,3,7-8,17H2,1-2H3,(H,18,20). The van der Waals surface area contributed by atoms with Gasteiger partial charge in [0.15, 0.2) is 0 Å². The fourth-order valence-corrected chi connectivity index (χ4v) is 1.80. The highest BCUT2D eigenvalue weighted by molar-refractivity contribution is 5.77. The molecule has 0 bridgehead atoms. The summed E-state index contributed by atoms with van der Waals surface area (Å²) in [4.78, 5) is 12.9.